The lowest BCUT2D eigenvalue weighted by molar-refractivity contribution is -0.870. The quantitative estimate of drug-likeness (QED) is 0.0195. The molecule has 0 heterocycles. The molecule has 0 N–H and O–H groups in total. The molecule has 0 aromatic heterocycles. The van der Waals surface area contributed by atoms with Gasteiger partial charge in [0.25, 0.3) is 0 Å². The molecule has 0 aliphatic heterocycles. The minimum atomic E-state index is -1.62. The van der Waals surface area contributed by atoms with Gasteiger partial charge in [-0.05, 0) is 89.9 Å². The molecule has 2 atom stereocenters. The summed E-state index contributed by atoms with van der Waals surface area (Å²) >= 11 is 0. The first-order valence-electron chi connectivity index (χ1n) is 41.7. The van der Waals surface area contributed by atoms with E-state index in [-0.39, 0.29) is 32.2 Å². The Labute approximate surface area is 601 Å². The van der Waals surface area contributed by atoms with Gasteiger partial charge < -0.3 is 33.3 Å². The lowest BCUT2D eigenvalue weighted by Crippen LogP contribution is -2.44. The van der Waals surface area contributed by atoms with Gasteiger partial charge in [-0.3, -0.25) is 9.59 Å². The molecule has 0 fully saturated rings. The van der Waals surface area contributed by atoms with Crippen LogP contribution < -0.4 is 5.11 Å². The number of likely N-dealkylation sites (N-methyl/N-ethyl adjacent to an activating group) is 1. The Kier molecular flexibility index (Phi) is 75.3. The minimum Gasteiger partial charge on any atom is -0.545 e. The molecule has 2 unspecified atom stereocenters. The molecule has 9 heteroatoms. The summed E-state index contributed by atoms with van der Waals surface area (Å²) in [4.78, 5) is 37.6. The number of carbonyl (C=O) groups is 3. The standard InChI is InChI=1S/C88H159NO8/c1-6-8-10-12-14-16-18-20-22-24-26-28-30-32-34-36-38-40-42-43-45-46-48-50-52-54-56-58-60-62-64-66-68-70-72-74-76-78-85(90)95-82-84(83-96-88(87(92)93)94-81-80-89(3,4)5)97-86(91)79-77-75-73-71-69-67-65-63-61-59-57-55-53-51-49-47-44-41-39-37-35-33-31-29-27-25-23-21-19-17-15-13-11-9-7-2/h9,11,15,17-18,20-21,23-24,26-27,29-30,32,84,88H,6-8,10,12-14,16,19,22,25,28,31,33-83H2,1-5H3/b11-9-,17-15-,20-18-,23-21-,26-24-,29-27-,32-30-. The third-order valence-corrected chi connectivity index (χ3v) is 18.6. The maximum atomic E-state index is 13.0. The van der Waals surface area contributed by atoms with Crippen molar-refractivity contribution in [2.45, 2.75) is 411 Å². The minimum absolute atomic E-state index is 0.149. The summed E-state index contributed by atoms with van der Waals surface area (Å²) in [5, 5.41) is 11.9. The molecule has 0 aromatic carbocycles. The number of rotatable bonds is 78. The van der Waals surface area contributed by atoms with Crippen LogP contribution in [0.25, 0.3) is 0 Å². The number of aliphatic carboxylic acids is 1. The lowest BCUT2D eigenvalue weighted by Gasteiger charge is -2.26. The first-order valence-corrected chi connectivity index (χ1v) is 41.7. The van der Waals surface area contributed by atoms with Crippen molar-refractivity contribution >= 4 is 17.9 Å². The number of esters is 2. The highest BCUT2D eigenvalue weighted by Crippen LogP contribution is 2.20. The van der Waals surface area contributed by atoms with E-state index in [4.69, 9.17) is 18.9 Å². The van der Waals surface area contributed by atoms with Crippen LogP contribution in [0.2, 0.25) is 0 Å². The Hall–Kier alpha value is -3.53. The third-order valence-electron chi connectivity index (χ3n) is 18.6. The van der Waals surface area contributed by atoms with Gasteiger partial charge in [-0.1, -0.05) is 381 Å². The van der Waals surface area contributed by atoms with Gasteiger partial charge in [-0.2, -0.15) is 0 Å². The third kappa shape index (κ3) is 79.7. The highest BCUT2D eigenvalue weighted by molar-refractivity contribution is 5.70. The van der Waals surface area contributed by atoms with Gasteiger partial charge in [0.2, 0.25) is 0 Å². The van der Waals surface area contributed by atoms with Crippen LogP contribution in [0.15, 0.2) is 85.1 Å². The normalized spacial score (nSPS) is 13.0. The Balaban J connectivity index is 3.96. The van der Waals surface area contributed by atoms with Crippen molar-refractivity contribution in [1.29, 1.82) is 0 Å². The van der Waals surface area contributed by atoms with E-state index in [0.717, 1.165) is 70.6 Å². The van der Waals surface area contributed by atoms with Crippen molar-refractivity contribution in [2.24, 2.45) is 0 Å². The molecule has 0 amide bonds. The molecule has 9 nitrogen and oxygen atoms in total. The van der Waals surface area contributed by atoms with Crippen LogP contribution in [-0.4, -0.2) is 82.3 Å². The molecule has 564 valence electrons. The molecule has 0 aromatic rings. The molecule has 0 spiro atoms. The van der Waals surface area contributed by atoms with E-state index in [2.05, 4.69) is 98.9 Å². The van der Waals surface area contributed by atoms with E-state index in [1.54, 1.807) is 0 Å². The number of nitrogens with zero attached hydrogens (tertiary/aromatic N) is 1. The Bertz CT molecular complexity index is 1870. The maximum Gasteiger partial charge on any atom is 0.306 e. The fraction of sp³-hybridized carbons (Fsp3) is 0.807. The number of carboxylic acids is 1. The Morgan fingerprint density at radius 1 is 0.320 bits per heavy atom. The second kappa shape index (κ2) is 78.2. The fourth-order valence-electron chi connectivity index (χ4n) is 12.3. The summed E-state index contributed by atoms with van der Waals surface area (Å²) in [6, 6.07) is 0. The summed E-state index contributed by atoms with van der Waals surface area (Å²) in [5.74, 6) is -2.25. The molecule has 0 saturated carbocycles. The van der Waals surface area contributed by atoms with Gasteiger partial charge in [0.05, 0.1) is 40.3 Å². The second-order valence-corrected chi connectivity index (χ2v) is 29.4. The van der Waals surface area contributed by atoms with Crippen molar-refractivity contribution in [2.75, 3.05) is 47.5 Å². The average molecular weight is 1360 g/mol. The highest BCUT2D eigenvalue weighted by atomic mass is 16.7. The van der Waals surface area contributed by atoms with Crippen LogP contribution in [0.4, 0.5) is 0 Å². The molecule has 0 rings (SSSR count). The number of hydrogen-bond acceptors (Lipinski definition) is 8. The SMILES string of the molecule is CC/C=C\C/C=C\C/C=C\C/C=C\CCCCCCCCCCCCCCCCCCCCCCCCC(=O)OC(COC(=O)CCCCCCCCCCCCCCCCCCCCCCCC/C=C\C/C=C\C/C=C\CCCCCCC)COC(OCC[N+](C)(C)C)C(=O)[O-]. The van der Waals surface area contributed by atoms with E-state index in [0.29, 0.717) is 23.9 Å². The lowest BCUT2D eigenvalue weighted by atomic mass is 10.0. The molecule has 0 radical (unpaired) electrons. The Morgan fingerprint density at radius 3 is 0.876 bits per heavy atom. The number of hydrogen-bond donors (Lipinski definition) is 0. The summed E-state index contributed by atoms with van der Waals surface area (Å²) in [6.07, 6.45) is 104. The van der Waals surface area contributed by atoms with Crippen LogP contribution in [-0.2, 0) is 33.3 Å². The van der Waals surface area contributed by atoms with E-state index in [1.165, 1.54) is 295 Å². The first kappa shape index (κ1) is 93.5. The van der Waals surface area contributed by atoms with Crippen molar-refractivity contribution in [1.82, 2.24) is 0 Å². The molecular formula is C88H159NO8. The van der Waals surface area contributed by atoms with E-state index < -0.39 is 24.3 Å². The Morgan fingerprint density at radius 2 is 0.588 bits per heavy atom. The smallest absolute Gasteiger partial charge is 0.306 e. The number of unbranched alkanes of at least 4 members (excludes halogenated alkanes) is 49. The van der Waals surface area contributed by atoms with Crippen molar-refractivity contribution < 1.29 is 42.9 Å². The van der Waals surface area contributed by atoms with Gasteiger partial charge in [-0.25, -0.2) is 0 Å². The van der Waals surface area contributed by atoms with Gasteiger partial charge in [0.1, 0.15) is 13.2 Å². The van der Waals surface area contributed by atoms with Crippen molar-refractivity contribution in [3.8, 4) is 0 Å². The molecular weight excluding hydrogens is 1200 g/mol. The predicted octanol–water partition coefficient (Wildman–Crippen LogP) is 25.6. The maximum absolute atomic E-state index is 13.0. The molecule has 0 aliphatic rings. The van der Waals surface area contributed by atoms with Crippen LogP contribution in [0.5, 0.6) is 0 Å². The van der Waals surface area contributed by atoms with Gasteiger partial charge >= 0.3 is 11.9 Å². The highest BCUT2D eigenvalue weighted by Gasteiger charge is 2.22. The topological polar surface area (TPSA) is 111 Å². The largest absolute Gasteiger partial charge is 0.545 e. The van der Waals surface area contributed by atoms with Crippen LogP contribution in [0.3, 0.4) is 0 Å². The van der Waals surface area contributed by atoms with Crippen molar-refractivity contribution in [3.63, 3.8) is 0 Å². The van der Waals surface area contributed by atoms with Gasteiger partial charge in [0, 0.05) is 12.8 Å². The molecule has 0 aliphatic carbocycles. The van der Waals surface area contributed by atoms with Crippen molar-refractivity contribution in [3.05, 3.63) is 85.1 Å². The first-order chi connectivity index (χ1) is 47.6. The van der Waals surface area contributed by atoms with Crippen LogP contribution in [0, 0.1) is 0 Å². The number of carbonyl (C=O) groups excluding carboxylic acids is 3. The van der Waals surface area contributed by atoms with Gasteiger partial charge in [0.15, 0.2) is 12.4 Å². The van der Waals surface area contributed by atoms with E-state index >= 15 is 0 Å². The summed E-state index contributed by atoms with van der Waals surface area (Å²) in [6.45, 7) is 4.69. The summed E-state index contributed by atoms with van der Waals surface area (Å²) < 4.78 is 22.9. The molecule has 0 bridgehead atoms. The van der Waals surface area contributed by atoms with E-state index in [9.17, 15) is 19.5 Å². The van der Waals surface area contributed by atoms with Crippen LogP contribution in [0.1, 0.15) is 399 Å². The molecule has 97 heavy (non-hydrogen) atoms. The zero-order valence-electron chi connectivity index (χ0n) is 64.7. The summed E-state index contributed by atoms with van der Waals surface area (Å²) in [5.41, 5.74) is 0. The predicted molar refractivity (Wildman–Crippen MR) is 417 cm³/mol. The number of carboxylic acid groups (broad SMARTS) is 1. The van der Waals surface area contributed by atoms with Gasteiger partial charge in [-0.15, -0.1) is 0 Å². The second-order valence-electron chi connectivity index (χ2n) is 29.4. The monoisotopic (exact) mass is 1360 g/mol. The van der Waals surface area contributed by atoms with Crippen LogP contribution >= 0.6 is 0 Å². The zero-order chi connectivity index (χ0) is 70.4. The zero-order valence-corrected chi connectivity index (χ0v) is 64.7. The number of ether oxygens (including phenoxy) is 4. The fourth-order valence-corrected chi connectivity index (χ4v) is 12.3. The average Bonchev–Trinajstić information content (AvgIpc) is 3.74. The number of allylic oxidation sites excluding steroid dienone is 14. The van der Waals surface area contributed by atoms with E-state index in [1.807, 2.05) is 21.1 Å². The number of quaternary nitrogens is 1. The molecule has 0 saturated heterocycles. The summed E-state index contributed by atoms with van der Waals surface area (Å²) in [7, 11) is 5.95.